The van der Waals surface area contributed by atoms with Gasteiger partial charge in [-0.25, -0.2) is 8.78 Å². The average Bonchev–Trinajstić information content (AvgIpc) is 3.18. The molecule has 1 unspecified atom stereocenters. The number of benzene rings is 2. The standard InChI is InChI=1S/C22H24F2N4O2S/c1-4-15-6-9-17(10-7-15)30-14(3)21-26-27-22(28(21)5-2)31-13-20(29)25-19-11-8-16(23)12-18(19)24/h6-12,14H,4-5,13H2,1-3H3,(H,25,29). The van der Waals surface area contributed by atoms with Gasteiger partial charge in [0.2, 0.25) is 5.91 Å². The molecular formula is C22H24F2N4O2S. The van der Waals surface area contributed by atoms with Crippen LogP contribution in [0.4, 0.5) is 14.5 Å². The van der Waals surface area contributed by atoms with Gasteiger partial charge in [-0.05, 0) is 50.1 Å². The van der Waals surface area contributed by atoms with Crippen molar-refractivity contribution in [3.63, 3.8) is 0 Å². The lowest BCUT2D eigenvalue weighted by Crippen LogP contribution is -2.16. The van der Waals surface area contributed by atoms with Crippen LogP contribution in [0.2, 0.25) is 0 Å². The Morgan fingerprint density at radius 3 is 2.55 bits per heavy atom. The van der Waals surface area contributed by atoms with Crippen molar-refractivity contribution in [1.82, 2.24) is 14.8 Å². The van der Waals surface area contributed by atoms with Crippen molar-refractivity contribution >= 4 is 23.4 Å². The molecule has 3 aromatic rings. The van der Waals surface area contributed by atoms with E-state index in [1.54, 1.807) is 0 Å². The smallest absolute Gasteiger partial charge is 0.234 e. The highest BCUT2D eigenvalue weighted by Crippen LogP contribution is 2.25. The minimum atomic E-state index is -0.824. The molecule has 0 bridgehead atoms. The van der Waals surface area contributed by atoms with Crippen LogP contribution in [0.3, 0.4) is 0 Å². The van der Waals surface area contributed by atoms with Gasteiger partial charge in [-0.3, -0.25) is 4.79 Å². The molecule has 1 N–H and O–H groups in total. The maximum absolute atomic E-state index is 13.7. The highest BCUT2D eigenvalue weighted by Gasteiger charge is 2.19. The van der Waals surface area contributed by atoms with Crippen LogP contribution in [0, 0.1) is 11.6 Å². The molecule has 0 aliphatic heterocycles. The van der Waals surface area contributed by atoms with E-state index in [2.05, 4.69) is 22.4 Å². The number of carbonyl (C=O) groups excluding carboxylic acids is 1. The van der Waals surface area contributed by atoms with E-state index < -0.39 is 17.5 Å². The van der Waals surface area contributed by atoms with Gasteiger partial charge in [0, 0.05) is 12.6 Å². The van der Waals surface area contributed by atoms with Crippen LogP contribution >= 0.6 is 11.8 Å². The fraction of sp³-hybridized carbons (Fsp3) is 0.318. The molecule has 0 saturated carbocycles. The number of halogens is 2. The lowest BCUT2D eigenvalue weighted by molar-refractivity contribution is -0.113. The van der Waals surface area contributed by atoms with Crippen molar-refractivity contribution in [3.8, 4) is 5.75 Å². The van der Waals surface area contributed by atoms with Crippen molar-refractivity contribution in [2.75, 3.05) is 11.1 Å². The first-order chi connectivity index (χ1) is 14.9. The minimum absolute atomic E-state index is 0.00265. The van der Waals surface area contributed by atoms with Crippen molar-refractivity contribution in [3.05, 3.63) is 65.5 Å². The third kappa shape index (κ3) is 5.81. The van der Waals surface area contributed by atoms with Gasteiger partial charge in [0.15, 0.2) is 17.1 Å². The number of rotatable bonds is 9. The highest BCUT2D eigenvalue weighted by molar-refractivity contribution is 7.99. The maximum atomic E-state index is 13.7. The molecule has 31 heavy (non-hydrogen) atoms. The van der Waals surface area contributed by atoms with Gasteiger partial charge in [0.25, 0.3) is 0 Å². The lowest BCUT2D eigenvalue weighted by Gasteiger charge is -2.16. The predicted molar refractivity (Wildman–Crippen MR) is 116 cm³/mol. The number of thioether (sulfide) groups is 1. The Morgan fingerprint density at radius 2 is 1.90 bits per heavy atom. The van der Waals surface area contributed by atoms with Crippen LogP contribution in [0.25, 0.3) is 0 Å². The molecular weight excluding hydrogens is 422 g/mol. The fourth-order valence-electron chi connectivity index (χ4n) is 2.97. The van der Waals surface area contributed by atoms with Crippen LogP contribution in [0.5, 0.6) is 5.75 Å². The summed E-state index contributed by atoms with van der Waals surface area (Å²) >= 11 is 1.18. The van der Waals surface area contributed by atoms with Crippen LogP contribution in [0.1, 0.15) is 38.3 Å². The van der Waals surface area contributed by atoms with Gasteiger partial charge in [0.05, 0.1) is 11.4 Å². The first kappa shape index (κ1) is 22.7. The molecule has 1 atom stereocenters. The summed E-state index contributed by atoms with van der Waals surface area (Å²) in [5, 5.41) is 11.4. The van der Waals surface area contributed by atoms with E-state index in [4.69, 9.17) is 4.74 Å². The Balaban J connectivity index is 1.62. The topological polar surface area (TPSA) is 69.0 Å². The Hall–Kier alpha value is -2.94. The van der Waals surface area contributed by atoms with Crippen molar-refractivity contribution in [2.24, 2.45) is 0 Å². The predicted octanol–water partition coefficient (Wildman–Crippen LogP) is 5.01. The van der Waals surface area contributed by atoms with E-state index in [9.17, 15) is 13.6 Å². The van der Waals surface area contributed by atoms with Gasteiger partial charge < -0.3 is 14.6 Å². The zero-order valence-electron chi connectivity index (χ0n) is 17.6. The third-order valence-corrected chi connectivity index (χ3v) is 5.57. The molecule has 9 heteroatoms. The molecule has 0 saturated heterocycles. The zero-order chi connectivity index (χ0) is 22.4. The molecule has 0 fully saturated rings. The number of amides is 1. The largest absolute Gasteiger partial charge is 0.483 e. The van der Waals surface area contributed by atoms with Crippen LogP contribution < -0.4 is 10.1 Å². The second-order valence-electron chi connectivity index (χ2n) is 6.80. The summed E-state index contributed by atoms with van der Waals surface area (Å²) in [6.45, 7) is 6.54. The maximum Gasteiger partial charge on any atom is 0.234 e. The average molecular weight is 447 g/mol. The third-order valence-electron chi connectivity index (χ3n) is 4.61. The fourth-order valence-corrected chi connectivity index (χ4v) is 3.78. The number of hydrogen-bond donors (Lipinski definition) is 1. The molecule has 3 rings (SSSR count). The number of ether oxygens (including phenoxy) is 1. The van der Waals surface area contributed by atoms with Gasteiger partial charge in [-0.2, -0.15) is 0 Å². The minimum Gasteiger partial charge on any atom is -0.483 e. The molecule has 0 aliphatic carbocycles. The molecule has 0 aliphatic rings. The zero-order valence-corrected chi connectivity index (χ0v) is 18.4. The van der Waals surface area contributed by atoms with E-state index in [1.165, 1.54) is 23.4 Å². The van der Waals surface area contributed by atoms with Gasteiger partial charge in [0.1, 0.15) is 17.4 Å². The van der Waals surface area contributed by atoms with E-state index in [-0.39, 0.29) is 17.5 Å². The van der Waals surface area contributed by atoms with Gasteiger partial charge >= 0.3 is 0 Å². The lowest BCUT2D eigenvalue weighted by atomic mass is 10.2. The quantitative estimate of drug-likeness (QED) is 0.468. The van der Waals surface area contributed by atoms with E-state index >= 15 is 0 Å². The van der Waals surface area contributed by atoms with Crippen LogP contribution in [-0.2, 0) is 17.8 Å². The normalized spacial score (nSPS) is 11.9. The monoisotopic (exact) mass is 446 g/mol. The molecule has 6 nitrogen and oxygen atoms in total. The molecule has 1 amide bonds. The molecule has 2 aromatic carbocycles. The highest BCUT2D eigenvalue weighted by atomic mass is 32.2. The Labute approximate surface area is 184 Å². The molecule has 164 valence electrons. The second-order valence-corrected chi connectivity index (χ2v) is 7.75. The van der Waals surface area contributed by atoms with Crippen molar-refractivity contribution < 1.29 is 18.3 Å². The Kier molecular flexibility index (Phi) is 7.62. The van der Waals surface area contributed by atoms with Crippen LogP contribution in [0.15, 0.2) is 47.6 Å². The number of aryl methyl sites for hydroxylation is 1. The summed E-state index contributed by atoms with van der Waals surface area (Å²) < 4.78 is 34.6. The van der Waals surface area contributed by atoms with E-state index in [0.29, 0.717) is 17.5 Å². The number of carbonyl (C=O) groups is 1. The van der Waals surface area contributed by atoms with E-state index in [1.807, 2.05) is 42.7 Å². The molecule has 0 spiro atoms. The SMILES string of the molecule is CCc1ccc(OC(C)c2nnc(SCC(=O)Nc3ccc(F)cc3F)n2CC)cc1. The first-order valence-corrected chi connectivity index (χ1v) is 11.0. The second kappa shape index (κ2) is 10.4. The summed E-state index contributed by atoms with van der Waals surface area (Å²) in [6, 6.07) is 10.9. The molecule has 1 heterocycles. The summed E-state index contributed by atoms with van der Waals surface area (Å²) in [7, 11) is 0. The summed E-state index contributed by atoms with van der Waals surface area (Å²) in [6.07, 6.45) is 0.624. The first-order valence-electron chi connectivity index (χ1n) is 9.97. The molecule has 0 radical (unpaired) electrons. The van der Waals surface area contributed by atoms with Gasteiger partial charge in [-0.1, -0.05) is 30.8 Å². The number of anilines is 1. The number of aromatic nitrogens is 3. The van der Waals surface area contributed by atoms with Crippen molar-refractivity contribution in [1.29, 1.82) is 0 Å². The Morgan fingerprint density at radius 1 is 1.16 bits per heavy atom. The van der Waals surface area contributed by atoms with Crippen molar-refractivity contribution in [2.45, 2.75) is 45.0 Å². The number of hydrogen-bond acceptors (Lipinski definition) is 5. The summed E-state index contributed by atoms with van der Waals surface area (Å²) in [5.41, 5.74) is 1.16. The van der Waals surface area contributed by atoms with Gasteiger partial charge in [-0.15, -0.1) is 10.2 Å². The number of nitrogens with one attached hydrogen (secondary N) is 1. The Bertz CT molecular complexity index is 1040. The number of nitrogens with zero attached hydrogens (tertiary/aromatic N) is 3. The summed E-state index contributed by atoms with van der Waals surface area (Å²) in [4.78, 5) is 12.2. The van der Waals surface area contributed by atoms with E-state index in [0.717, 1.165) is 24.3 Å². The summed E-state index contributed by atoms with van der Waals surface area (Å²) in [5.74, 6) is -0.563. The van der Waals surface area contributed by atoms with Crippen LogP contribution in [-0.4, -0.2) is 26.4 Å². The molecule has 1 aromatic heterocycles.